The Balaban J connectivity index is 1.86. The molecule has 2 rings (SSSR count). The standard InChI is InChI=1S/C24H37NOSi3/c1-20(18-25(28(3,4)5)29(6,7)8)26-19-27-24-16-14-23(15-17-24)21(2)22-12-10-9-11-13-22/h9-17,20H,2,18-19H2,1,3-8H3. The lowest BCUT2D eigenvalue weighted by atomic mass is 10.00. The van der Waals surface area contributed by atoms with Gasteiger partial charge in [0.05, 0.1) is 6.10 Å². The van der Waals surface area contributed by atoms with Crippen molar-refractivity contribution in [2.24, 2.45) is 0 Å². The minimum absolute atomic E-state index is 0.276. The van der Waals surface area contributed by atoms with Crippen LogP contribution in [0.1, 0.15) is 18.1 Å². The minimum Gasteiger partial charge on any atom is -0.381 e. The molecule has 0 saturated heterocycles. The molecule has 0 spiro atoms. The molecule has 2 nitrogen and oxygen atoms in total. The van der Waals surface area contributed by atoms with Gasteiger partial charge in [0, 0.05) is 12.8 Å². The van der Waals surface area contributed by atoms with E-state index in [0.29, 0.717) is 9.52 Å². The lowest BCUT2D eigenvalue weighted by Crippen LogP contribution is -2.61. The summed E-state index contributed by atoms with van der Waals surface area (Å²) in [5.41, 5.74) is 3.43. The fourth-order valence-corrected chi connectivity index (χ4v) is 14.3. The Morgan fingerprint density at radius 3 is 1.93 bits per heavy atom. The van der Waals surface area contributed by atoms with Crippen molar-refractivity contribution in [1.29, 1.82) is 0 Å². The average molecular weight is 440 g/mol. The Kier molecular flexibility index (Phi) is 8.43. The van der Waals surface area contributed by atoms with Crippen molar-refractivity contribution in [3.63, 3.8) is 0 Å². The lowest BCUT2D eigenvalue weighted by Gasteiger charge is -2.44. The van der Waals surface area contributed by atoms with Crippen molar-refractivity contribution in [3.8, 4) is 0 Å². The summed E-state index contributed by atoms with van der Waals surface area (Å²) < 4.78 is 9.01. The quantitative estimate of drug-likeness (QED) is 0.459. The van der Waals surface area contributed by atoms with Crippen molar-refractivity contribution in [3.05, 3.63) is 72.3 Å². The van der Waals surface area contributed by atoms with E-state index in [1.165, 1.54) is 16.3 Å². The number of nitrogens with zero attached hydrogens (tertiary/aromatic N) is 1. The summed E-state index contributed by atoms with van der Waals surface area (Å²) in [6.45, 7) is 22.2. The predicted octanol–water partition coefficient (Wildman–Crippen LogP) is 5.41. The molecule has 0 amide bonds. The normalized spacial score (nSPS) is 13.5. The minimum atomic E-state index is -1.32. The van der Waals surface area contributed by atoms with Gasteiger partial charge in [-0.15, -0.1) is 0 Å². The molecule has 0 heterocycles. The van der Waals surface area contributed by atoms with Gasteiger partial charge in [-0.05, 0) is 23.6 Å². The first-order chi connectivity index (χ1) is 13.5. The number of rotatable bonds is 10. The molecule has 29 heavy (non-hydrogen) atoms. The van der Waals surface area contributed by atoms with Gasteiger partial charge >= 0.3 is 0 Å². The van der Waals surface area contributed by atoms with E-state index in [9.17, 15) is 0 Å². The van der Waals surface area contributed by atoms with Crippen LogP contribution < -0.4 is 5.19 Å². The second-order valence-corrected chi connectivity index (χ2v) is 21.1. The van der Waals surface area contributed by atoms with Crippen LogP contribution in [0.5, 0.6) is 0 Å². The molecule has 156 valence electrons. The van der Waals surface area contributed by atoms with Crippen molar-refractivity contribution < 1.29 is 4.74 Å². The van der Waals surface area contributed by atoms with Crippen LogP contribution in [0, 0.1) is 0 Å². The van der Waals surface area contributed by atoms with Gasteiger partial charge < -0.3 is 8.97 Å². The summed E-state index contributed by atoms with van der Waals surface area (Å²) in [4.78, 5) is 0. The molecule has 1 unspecified atom stereocenters. The first-order valence-corrected chi connectivity index (χ1v) is 18.6. The van der Waals surface area contributed by atoms with Crippen LogP contribution in [0.25, 0.3) is 5.57 Å². The van der Waals surface area contributed by atoms with Gasteiger partial charge in [-0.25, -0.2) is 0 Å². The van der Waals surface area contributed by atoms with E-state index in [1.807, 2.05) is 6.07 Å². The molecule has 0 aliphatic rings. The molecule has 5 heteroatoms. The molecule has 0 aromatic heterocycles. The molecule has 0 aliphatic heterocycles. The molecule has 0 saturated carbocycles. The van der Waals surface area contributed by atoms with E-state index < -0.39 is 16.5 Å². The van der Waals surface area contributed by atoms with Gasteiger partial charge in [0.15, 0.2) is 0 Å². The zero-order chi connectivity index (χ0) is 21.7. The van der Waals surface area contributed by atoms with Gasteiger partial charge in [-0.1, -0.05) is 106 Å². The molecule has 2 radical (unpaired) electrons. The van der Waals surface area contributed by atoms with Crippen LogP contribution in [-0.4, -0.2) is 49.1 Å². The van der Waals surface area contributed by atoms with Crippen molar-refractivity contribution in [2.45, 2.75) is 52.3 Å². The largest absolute Gasteiger partial charge is 0.381 e. The van der Waals surface area contributed by atoms with Crippen LogP contribution in [0.2, 0.25) is 39.3 Å². The van der Waals surface area contributed by atoms with Crippen molar-refractivity contribution >= 4 is 36.8 Å². The number of hydrogen-bond acceptors (Lipinski definition) is 2. The molecule has 0 aliphatic carbocycles. The van der Waals surface area contributed by atoms with Crippen LogP contribution >= 0.6 is 0 Å². The second-order valence-electron chi connectivity index (χ2n) is 9.67. The van der Waals surface area contributed by atoms with Crippen LogP contribution in [-0.2, 0) is 4.74 Å². The third-order valence-electron chi connectivity index (χ3n) is 5.06. The fraction of sp³-hybridized carbons (Fsp3) is 0.417. The summed E-state index contributed by atoms with van der Waals surface area (Å²) in [5.74, 6) is 0. The molecule has 0 bridgehead atoms. The van der Waals surface area contributed by atoms with Gasteiger partial charge in [0.25, 0.3) is 0 Å². The highest BCUT2D eigenvalue weighted by molar-refractivity contribution is 6.89. The van der Waals surface area contributed by atoms with Gasteiger partial charge in [0.2, 0.25) is 0 Å². The Bertz CT molecular complexity index is 763. The zero-order valence-corrected chi connectivity index (χ0v) is 22.3. The van der Waals surface area contributed by atoms with E-state index in [4.69, 9.17) is 4.74 Å². The van der Waals surface area contributed by atoms with E-state index >= 15 is 0 Å². The van der Waals surface area contributed by atoms with E-state index in [1.54, 1.807) is 0 Å². The SMILES string of the molecule is C=C(c1ccccc1)c1ccc([Si]COC(C)CN([Si](C)(C)C)[Si](C)(C)C)cc1. The Morgan fingerprint density at radius 2 is 1.41 bits per heavy atom. The van der Waals surface area contributed by atoms with E-state index in [2.05, 4.69) is 106 Å². The molecular weight excluding hydrogens is 403 g/mol. The third kappa shape index (κ3) is 7.50. The molecule has 2 aromatic rings. The van der Waals surface area contributed by atoms with Crippen molar-refractivity contribution in [2.75, 3.05) is 12.8 Å². The Labute approximate surface area is 183 Å². The molecule has 1 atom stereocenters. The van der Waals surface area contributed by atoms with Crippen LogP contribution in [0.15, 0.2) is 61.2 Å². The summed E-state index contributed by atoms with van der Waals surface area (Å²) in [6.07, 6.45) is 1.07. The van der Waals surface area contributed by atoms with Crippen LogP contribution in [0.3, 0.4) is 0 Å². The molecular formula is C24H37NOSi3. The van der Waals surface area contributed by atoms with Crippen LogP contribution in [0.4, 0.5) is 0 Å². The highest BCUT2D eigenvalue weighted by atomic mass is 28.4. The maximum atomic E-state index is 6.21. The number of benzene rings is 2. The third-order valence-corrected chi connectivity index (χ3v) is 13.7. The first kappa shape index (κ1) is 24.0. The highest BCUT2D eigenvalue weighted by Crippen LogP contribution is 2.21. The summed E-state index contributed by atoms with van der Waals surface area (Å²) in [5, 5.41) is 1.34. The monoisotopic (exact) mass is 439 g/mol. The maximum absolute atomic E-state index is 6.21. The van der Waals surface area contributed by atoms with Gasteiger partial charge in [-0.2, -0.15) is 0 Å². The topological polar surface area (TPSA) is 12.5 Å². The Hall–Kier alpha value is -1.25. The first-order valence-electron chi connectivity index (χ1n) is 10.5. The van der Waals surface area contributed by atoms with Gasteiger partial charge in [-0.3, -0.25) is 0 Å². The van der Waals surface area contributed by atoms with E-state index in [-0.39, 0.29) is 6.10 Å². The molecule has 0 N–H and O–H groups in total. The second kappa shape index (κ2) is 10.2. The summed E-state index contributed by atoms with van der Waals surface area (Å²) in [6, 6.07) is 19.2. The highest BCUT2D eigenvalue weighted by Gasteiger charge is 2.35. The molecule has 0 fully saturated rings. The van der Waals surface area contributed by atoms with Crippen molar-refractivity contribution in [1.82, 2.24) is 4.23 Å². The zero-order valence-electron chi connectivity index (χ0n) is 19.3. The fourth-order valence-electron chi connectivity index (χ4n) is 3.73. The predicted molar refractivity (Wildman–Crippen MR) is 135 cm³/mol. The van der Waals surface area contributed by atoms with Gasteiger partial charge in [0.1, 0.15) is 26.0 Å². The summed E-state index contributed by atoms with van der Waals surface area (Å²) >= 11 is 0. The average Bonchev–Trinajstić information content (AvgIpc) is 2.65. The lowest BCUT2D eigenvalue weighted by molar-refractivity contribution is 0.0924. The molecule has 2 aromatic carbocycles. The number of ether oxygens (including phenoxy) is 1. The Morgan fingerprint density at radius 1 is 0.897 bits per heavy atom. The smallest absolute Gasteiger partial charge is 0.114 e. The van der Waals surface area contributed by atoms with E-state index in [0.717, 1.165) is 18.3 Å². The maximum Gasteiger partial charge on any atom is 0.114 e. The summed E-state index contributed by atoms with van der Waals surface area (Å²) in [7, 11) is -1.97. The number of hydrogen-bond donors (Lipinski definition) is 0.